The number of aromatic amines is 1. The van der Waals surface area contributed by atoms with Crippen molar-refractivity contribution in [3.63, 3.8) is 0 Å². The molecule has 0 aliphatic carbocycles. The lowest BCUT2D eigenvalue weighted by molar-refractivity contribution is 0.0199. The number of amides is 2. The number of urea groups is 1. The molecule has 3 heterocycles. The van der Waals surface area contributed by atoms with Crippen molar-refractivity contribution in [2.75, 3.05) is 25.0 Å². The average molecular weight is 313 g/mol. The van der Waals surface area contributed by atoms with Gasteiger partial charge < -0.3 is 10.2 Å². The van der Waals surface area contributed by atoms with Gasteiger partial charge in [0.1, 0.15) is 0 Å². The molecule has 6 heteroatoms. The summed E-state index contributed by atoms with van der Waals surface area (Å²) in [5.41, 5.74) is 1.80. The Labute approximate surface area is 135 Å². The minimum Gasteiger partial charge on any atom is -0.321 e. The number of H-pyrrole nitrogens is 1. The number of piperidine rings is 1. The van der Waals surface area contributed by atoms with Crippen molar-refractivity contribution in [1.29, 1.82) is 0 Å². The summed E-state index contributed by atoms with van der Waals surface area (Å²) < 4.78 is 0. The molecule has 0 saturated carbocycles. The minimum absolute atomic E-state index is 0.00578. The molecular weight excluding hydrogens is 290 g/mol. The quantitative estimate of drug-likeness (QED) is 0.896. The molecule has 0 radical (unpaired) electrons. The first kappa shape index (κ1) is 14.5. The highest BCUT2D eigenvalue weighted by Gasteiger charge is 2.37. The molecule has 6 nitrogen and oxygen atoms in total. The topological polar surface area (TPSA) is 64.3 Å². The lowest BCUT2D eigenvalue weighted by Crippen LogP contribution is -2.64. The number of nitrogens with one attached hydrogen (secondary N) is 2. The predicted molar refractivity (Wildman–Crippen MR) is 90.5 cm³/mol. The van der Waals surface area contributed by atoms with E-state index in [1.807, 2.05) is 23.1 Å². The first-order valence-corrected chi connectivity index (χ1v) is 8.45. The third-order valence-electron chi connectivity index (χ3n) is 5.16. The van der Waals surface area contributed by atoms with Gasteiger partial charge in [0, 0.05) is 36.2 Å². The van der Waals surface area contributed by atoms with Crippen LogP contribution in [0.25, 0.3) is 10.9 Å². The highest BCUT2D eigenvalue weighted by molar-refractivity contribution is 5.93. The van der Waals surface area contributed by atoms with Crippen LogP contribution in [0.15, 0.2) is 24.4 Å². The molecule has 2 aliphatic heterocycles. The number of rotatable bonds is 2. The zero-order valence-electron chi connectivity index (χ0n) is 13.5. The fraction of sp³-hybridized carbons (Fsp3) is 0.529. The Hall–Kier alpha value is -2.08. The van der Waals surface area contributed by atoms with Crippen molar-refractivity contribution in [2.45, 2.75) is 38.3 Å². The van der Waals surface area contributed by atoms with E-state index in [-0.39, 0.29) is 6.03 Å². The molecule has 2 aliphatic rings. The van der Waals surface area contributed by atoms with E-state index in [1.165, 1.54) is 25.8 Å². The number of fused-ring (bicyclic) bond motifs is 1. The van der Waals surface area contributed by atoms with Gasteiger partial charge in [-0.3, -0.25) is 10.00 Å². The van der Waals surface area contributed by atoms with E-state index in [1.54, 1.807) is 6.20 Å². The van der Waals surface area contributed by atoms with Gasteiger partial charge in [0.2, 0.25) is 0 Å². The zero-order chi connectivity index (χ0) is 15.8. The van der Waals surface area contributed by atoms with Crippen LogP contribution in [0.4, 0.5) is 10.5 Å². The number of anilines is 1. The largest absolute Gasteiger partial charge is 0.321 e. The zero-order valence-corrected chi connectivity index (χ0v) is 13.5. The molecule has 122 valence electrons. The number of hydrogen-bond acceptors (Lipinski definition) is 3. The molecule has 1 atom stereocenters. The van der Waals surface area contributed by atoms with Crippen LogP contribution in [0.3, 0.4) is 0 Å². The molecule has 1 aromatic heterocycles. The van der Waals surface area contributed by atoms with E-state index < -0.39 is 0 Å². The molecule has 1 aromatic carbocycles. The molecule has 23 heavy (non-hydrogen) atoms. The summed E-state index contributed by atoms with van der Waals surface area (Å²) in [5.74, 6) is 0. The number of nitrogens with zero attached hydrogens (tertiary/aromatic N) is 3. The number of likely N-dealkylation sites (tertiary alicyclic amines) is 2. The summed E-state index contributed by atoms with van der Waals surface area (Å²) in [5, 5.41) is 10.9. The van der Waals surface area contributed by atoms with Crippen molar-refractivity contribution < 1.29 is 4.79 Å². The molecule has 2 aromatic rings. The average Bonchev–Trinajstić information content (AvgIpc) is 2.95. The molecule has 0 bridgehead atoms. The number of aromatic nitrogens is 2. The second-order valence-electron chi connectivity index (χ2n) is 6.74. The van der Waals surface area contributed by atoms with Crippen LogP contribution in [0.1, 0.15) is 26.2 Å². The lowest BCUT2D eigenvalue weighted by Gasteiger charge is -2.49. The molecular formula is C17H23N5O. The summed E-state index contributed by atoms with van der Waals surface area (Å²) in [6.45, 7) is 5.16. The molecule has 2 saturated heterocycles. The Morgan fingerprint density at radius 1 is 1.35 bits per heavy atom. The second-order valence-corrected chi connectivity index (χ2v) is 6.74. The Morgan fingerprint density at radius 3 is 3.04 bits per heavy atom. The van der Waals surface area contributed by atoms with Crippen LogP contribution in [0.5, 0.6) is 0 Å². The SMILES string of the molecule is C[C@H]1CCCCN1C1CN(C(=O)Nc2ccc3[nH]ncc3c2)C1. The fourth-order valence-electron chi connectivity index (χ4n) is 3.72. The van der Waals surface area contributed by atoms with Gasteiger partial charge in [-0.25, -0.2) is 4.79 Å². The highest BCUT2D eigenvalue weighted by atomic mass is 16.2. The van der Waals surface area contributed by atoms with E-state index in [0.717, 1.165) is 29.7 Å². The molecule has 0 spiro atoms. The lowest BCUT2D eigenvalue weighted by atomic mass is 9.98. The number of benzene rings is 1. The van der Waals surface area contributed by atoms with Crippen molar-refractivity contribution in [3.05, 3.63) is 24.4 Å². The third kappa shape index (κ3) is 2.79. The molecule has 2 amide bonds. The van der Waals surface area contributed by atoms with E-state index in [9.17, 15) is 4.79 Å². The van der Waals surface area contributed by atoms with Gasteiger partial charge in [-0.2, -0.15) is 5.10 Å². The van der Waals surface area contributed by atoms with Crippen LogP contribution < -0.4 is 5.32 Å². The molecule has 2 N–H and O–H groups in total. The van der Waals surface area contributed by atoms with E-state index in [4.69, 9.17) is 0 Å². The van der Waals surface area contributed by atoms with Crippen LogP contribution >= 0.6 is 0 Å². The van der Waals surface area contributed by atoms with Gasteiger partial charge in [0.25, 0.3) is 0 Å². The van der Waals surface area contributed by atoms with Gasteiger partial charge >= 0.3 is 6.03 Å². The normalized spacial score (nSPS) is 23.0. The minimum atomic E-state index is -0.00578. The van der Waals surface area contributed by atoms with Gasteiger partial charge in [-0.05, 0) is 44.5 Å². The maximum Gasteiger partial charge on any atom is 0.321 e. The van der Waals surface area contributed by atoms with Gasteiger partial charge in [-0.1, -0.05) is 6.42 Å². The monoisotopic (exact) mass is 313 g/mol. The fourth-order valence-corrected chi connectivity index (χ4v) is 3.72. The predicted octanol–water partition coefficient (Wildman–Crippen LogP) is 2.65. The van der Waals surface area contributed by atoms with Gasteiger partial charge in [0.05, 0.1) is 11.7 Å². The van der Waals surface area contributed by atoms with Crippen LogP contribution in [0.2, 0.25) is 0 Å². The third-order valence-corrected chi connectivity index (χ3v) is 5.16. The summed E-state index contributed by atoms with van der Waals surface area (Å²) in [6.07, 6.45) is 5.68. The maximum atomic E-state index is 12.4. The Morgan fingerprint density at radius 2 is 2.22 bits per heavy atom. The van der Waals surface area contributed by atoms with Gasteiger partial charge in [-0.15, -0.1) is 0 Å². The Bertz CT molecular complexity index is 706. The van der Waals surface area contributed by atoms with Crippen molar-refractivity contribution in [1.82, 2.24) is 20.0 Å². The standard InChI is InChI=1S/C17H23N5O/c1-12-4-2-3-7-22(12)15-10-21(11-15)17(23)19-14-5-6-16-13(8-14)9-18-20-16/h5-6,8-9,12,15H,2-4,7,10-11H2,1H3,(H,18,20)(H,19,23)/t12-/m0/s1. The summed E-state index contributed by atoms with van der Waals surface area (Å²) >= 11 is 0. The first-order chi connectivity index (χ1) is 11.2. The Kier molecular flexibility index (Phi) is 3.69. The van der Waals surface area contributed by atoms with E-state index in [0.29, 0.717) is 12.1 Å². The van der Waals surface area contributed by atoms with E-state index in [2.05, 4.69) is 27.3 Å². The van der Waals surface area contributed by atoms with E-state index >= 15 is 0 Å². The second kappa shape index (κ2) is 5.85. The maximum absolute atomic E-state index is 12.4. The summed E-state index contributed by atoms with van der Waals surface area (Å²) in [4.78, 5) is 16.8. The van der Waals surface area contributed by atoms with Crippen LogP contribution in [-0.4, -0.2) is 57.7 Å². The summed E-state index contributed by atoms with van der Waals surface area (Å²) in [6, 6.07) is 6.97. The number of hydrogen-bond donors (Lipinski definition) is 2. The highest BCUT2D eigenvalue weighted by Crippen LogP contribution is 2.25. The van der Waals surface area contributed by atoms with Crippen molar-refractivity contribution in [2.24, 2.45) is 0 Å². The van der Waals surface area contributed by atoms with Crippen molar-refractivity contribution in [3.8, 4) is 0 Å². The van der Waals surface area contributed by atoms with Crippen LogP contribution in [-0.2, 0) is 0 Å². The number of carbonyl (C=O) groups excluding carboxylic acids is 1. The molecule has 4 rings (SSSR count). The van der Waals surface area contributed by atoms with Crippen LogP contribution in [0, 0.1) is 0 Å². The Balaban J connectivity index is 1.34. The van der Waals surface area contributed by atoms with Gasteiger partial charge in [0.15, 0.2) is 0 Å². The molecule has 2 fully saturated rings. The van der Waals surface area contributed by atoms with Crippen molar-refractivity contribution >= 4 is 22.6 Å². The number of carbonyl (C=O) groups is 1. The first-order valence-electron chi connectivity index (χ1n) is 8.45. The smallest absolute Gasteiger partial charge is 0.321 e. The summed E-state index contributed by atoms with van der Waals surface area (Å²) in [7, 11) is 0. The molecule has 0 unspecified atom stereocenters.